The summed E-state index contributed by atoms with van der Waals surface area (Å²) in [6.07, 6.45) is 1.78. The first kappa shape index (κ1) is 21.4. The molecule has 0 N–H and O–H groups in total. The number of amides is 1. The summed E-state index contributed by atoms with van der Waals surface area (Å²) in [5, 5.41) is 0. The Kier molecular flexibility index (Phi) is 6.63. The van der Waals surface area contributed by atoms with Crippen molar-refractivity contribution in [2.24, 2.45) is 5.92 Å². The van der Waals surface area contributed by atoms with Crippen LogP contribution in [0.5, 0.6) is 5.75 Å². The molecule has 0 saturated heterocycles. The third-order valence-electron chi connectivity index (χ3n) is 5.59. The summed E-state index contributed by atoms with van der Waals surface area (Å²) < 4.78 is 28.2. The maximum Gasteiger partial charge on any atom is 0.308 e. The van der Waals surface area contributed by atoms with Gasteiger partial charge in [0, 0.05) is 18.5 Å². The Balaban J connectivity index is 1.69. The van der Waals surface area contributed by atoms with Crippen LogP contribution in [0.2, 0.25) is 0 Å². The molecule has 0 aliphatic heterocycles. The van der Waals surface area contributed by atoms with Crippen molar-refractivity contribution in [1.29, 1.82) is 0 Å². The highest BCUT2D eigenvalue weighted by molar-refractivity contribution is 7.87. The molecule has 1 amide bonds. The van der Waals surface area contributed by atoms with Gasteiger partial charge in [0.2, 0.25) is 5.91 Å². The molecule has 1 aliphatic carbocycles. The Hall–Kier alpha value is -2.34. The fourth-order valence-electron chi connectivity index (χ4n) is 3.47. The third kappa shape index (κ3) is 5.38. The molecule has 0 spiro atoms. The van der Waals surface area contributed by atoms with Crippen molar-refractivity contribution in [3.63, 3.8) is 0 Å². The molecule has 0 aromatic heterocycles. The smallest absolute Gasteiger partial charge is 0.308 e. The van der Waals surface area contributed by atoms with Crippen LogP contribution in [0.25, 0.3) is 0 Å². The number of nitrogens with zero attached hydrogens (tertiary/aromatic N) is 1. The van der Waals surface area contributed by atoms with Gasteiger partial charge < -0.3 is 9.08 Å². The van der Waals surface area contributed by atoms with Crippen molar-refractivity contribution in [2.75, 3.05) is 5.75 Å². The van der Waals surface area contributed by atoms with E-state index in [-0.39, 0.29) is 23.6 Å². The van der Waals surface area contributed by atoms with Crippen LogP contribution in [0.4, 0.5) is 0 Å². The molecule has 5 nitrogen and oxygen atoms in total. The zero-order valence-electron chi connectivity index (χ0n) is 17.2. The van der Waals surface area contributed by atoms with Gasteiger partial charge >= 0.3 is 10.1 Å². The average Bonchev–Trinajstić information content (AvgIpc) is 3.53. The van der Waals surface area contributed by atoms with Gasteiger partial charge in [-0.3, -0.25) is 4.79 Å². The van der Waals surface area contributed by atoms with Crippen LogP contribution in [-0.2, 0) is 21.5 Å². The SMILES string of the molecule is CCC(C)N(Cc1ccc(OS(=O)(=O)CC)cc1)C(=O)C1CC1c1ccccc1. The van der Waals surface area contributed by atoms with Gasteiger partial charge in [0.05, 0.1) is 5.75 Å². The van der Waals surface area contributed by atoms with Crippen molar-refractivity contribution in [1.82, 2.24) is 4.90 Å². The van der Waals surface area contributed by atoms with Crippen LogP contribution in [0.3, 0.4) is 0 Å². The summed E-state index contributed by atoms with van der Waals surface area (Å²) in [6.45, 7) is 6.20. The predicted octanol–water partition coefficient (Wildman–Crippen LogP) is 4.35. The second kappa shape index (κ2) is 8.99. The minimum atomic E-state index is -3.54. The van der Waals surface area contributed by atoms with Crippen molar-refractivity contribution in [2.45, 2.75) is 52.1 Å². The van der Waals surface area contributed by atoms with E-state index >= 15 is 0 Å². The molecular formula is C23H29NO4S. The van der Waals surface area contributed by atoms with E-state index < -0.39 is 10.1 Å². The second-order valence-electron chi connectivity index (χ2n) is 7.66. The first-order valence-electron chi connectivity index (χ1n) is 10.2. The van der Waals surface area contributed by atoms with E-state index in [0.717, 1.165) is 18.4 Å². The van der Waals surface area contributed by atoms with Gasteiger partial charge in [-0.15, -0.1) is 0 Å². The van der Waals surface area contributed by atoms with Crippen LogP contribution >= 0.6 is 0 Å². The third-order valence-corrected chi connectivity index (χ3v) is 6.75. The Bertz CT molecular complexity index is 925. The van der Waals surface area contributed by atoms with Crippen LogP contribution in [-0.4, -0.2) is 31.0 Å². The Morgan fingerprint density at radius 2 is 1.76 bits per heavy atom. The van der Waals surface area contributed by atoms with Gasteiger partial charge in [0.25, 0.3) is 0 Å². The monoisotopic (exact) mass is 415 g/mol. The summed E-state index contributed by atoms with van der Waals surface area (Å²) in [4.78, 5) is 15.2. The molecule has 2 aromatic carbocycles. The Morgan fingerprint density at radius 3 is 2.34 bits per heavy atom. The van der Waals surface area contributed by atoms with Crippen molar-refractivity contribution in [3.05, 3.63) is 65.7 Å². The number of benzene rings is 2. The molecule has 1 saturated carbocycles. The highest BCUT2D eigenvalue weighted by Crippen LogP contribution is 2.48. The van der Waals surface area contributed by atoms with E-state index in [1.54, 1.807) is 19.1 Å². The first-order chi connectivity index (χ1) is 13.8. The zero-order chi connectivity index (χ0) is 21.0. The molecule has 0 heterocycles. The molecule has 2 aromatic rings. The van der Waals surface area contributed by atoms with Crippen molar-refractivity contribution in [3.8, 4) is 5.75 Å². The Labute approximate surface area is 173 Å². The number of rotatable bonds is 9. The zero-order valence-corrected chi connectivity index (χ0v) is 18.1. The molecule has 0 bridgehead atoms. The lowest BCUT2D eigenvalue weighted by Gasteiger charge is -2.29. The van der Waals surface area contributed by atoms with Crippen molar-refractivity contribution >= 4 is 16.0 Å². The van der Waals surface area contributed by atoms with Gasteiger partial charge in [-0.1, -0.05) is 49.4 Å². The van der Waals surface area contributed by atoms with Gasteiger partial charge in [0.1, 0.15) is 5.75 Å². The highest BCUT2D eigenvalue weighted by atomic mass is 32.2. The summed E-state index contributed by atoms with van der Waals surface area (Å²) in [6, 6.07) is 17.3. The minimum Gasteiger partial charge on any atom is -0.382 e. The van der Waals surface area contributed by atoms with Crippen LogP contribution in [0, 0.1) is 5.92 Å². The second-order valence-corrected chi connectivity index (χ2v) is 9.52. The molecule has 29 heavy (non-hydrogen) atoms. The summed E-state index contributed by atoms with van der Waals surface area (Å²) >= 11 is 0. The first-order valence-corrected chi connectivity index (χ1v) is 11.8. The molecule has 6 heteroatoms. The number of hydrogen-bond acceptors (Lipinski definition) is 4. The maximum atomic E-state index is 13.2. The van der Waals surface area contributed by atoms with Crippen molar-refractivity contribution < 1.29 is 17.4 Å². The molecule has 156 valence electrons. The van der Waals surface area contributed by atoms with Crippen LogP contribution in [0.1, 0.15) is 50.7 Å². The number of carbonyl (C=O) groups is 1. The van der Waals surface area contributed by atoms with E-state index in [4.69, 9.17) is 4.18 Å². The van der Waals surface area contributed by atoms with Crippen LogP contribution < -0.4 is 4.18 Å². The molecular weight excluding hydrogens is 386 g/mol. The predicted molar refractivity (Wildman–Crippen MR) is 114 cm³/mol. The van der Waals surface area contributed by atoms with E-state index in [9.17, 15) is 13.2 Å². The van der Waals surface area contributed by atoms with Gasteiger partial charge in [-0.05, 0) is 55.9 Å². The quantitative estimate of drug-likeness (QED) is 0.571. The van der Waals surface area contributed by atoms with Gasteiger partial charge in [0.15, 0.2) is 0 Å². The molecule has 1 aliphatic rings. The summed E-state index contributed by atoms with van der Waals surface area (Å²) in [5.41, 5.74) is 2.19. The maximum absolute atomic E-state index is 13.2. The lowest BCUT2D eigenvalue weighted by molar-refractivity contribution is -0.135. The number of carbonyl (C=O) groups excluding carboxylic acids is 1. The van der Waals surface area contributed by atoms with Gasteiger partial charge in [-0.25, -0.2) is 0 Å². The topological polar surface area (TPSA) is 63.7 Å². The highest BCUT2D eigenvalue weighted by Gasteiger charge is 2.46. The molecule has 1 fully saturated rings. The van der Waals surface area contributed by atoms with E-state index in [2.05, 4.69) is 26.0 Å². The van der Waals surface area contributed by atoms with E-state index in [0.29, 0.717) is 18.2 Å². The van der Waals surface area contributed by atoms with E-state index in [1.165, 1.54) is 5.56 Å². The number of hydrogen-bond donors (Lipinski definition) is 0. The summed E-state index contributed by atoms with van der Waals surface area (Å²) in [7, 11) is -3.54. The Morgan fingerprint density at radius 1 is 1.10 bits per heavy atom. The normalized spacial score (nSPS) is 19.4. The average molecular weight is 416 g/mol. The lowest BCUT2D eigenvalue weighted by Crippen LogP contribution is -2.39. The van der Waals surface area contributed by atoms with E-state index in [1.807, 2.05) is 35.2 Å². The molecule has 0 radical (unpaired) electrons. The van der Waals surface area contributed by atoms with Gasteiger partial charge in [-0.2, -0.15) is 8.42 Å². The lowest BCUT2D eigenvalue weighted by atomic mass is 10.1. The molecule has 3 rings (SSSR count). The fraction of sp³-hybridized carbons (Fsp3) is 0.435. The summed E-state index contributed by atoms with van der Waals surface area (Å²) in [5.74, 6) is 0.772. The standard InChI is InChI=1S/C23H29NO4S/c1-4-17(3)24(23(25)22-15-21(22)19-9-7-6-8-10-19)16-18-11-13-20(14-12-18)28-29(26,27)5-2/h6-14,17,21-22H,4-5,15-16H2,1-3H3. The largest absolute Gasteiger partial charge is 0.382 e. The molecule has 3 unspecified atom stereocenters. The molecule has 3 atom stereocenters. The van der Waals surface area contributed by atoms with Crippen LogP contribution in [0.15, 0.2) is 54.6 Å². The minimum absolute atomic E-state index is 0.0451. The fourth-order valence-corrected chi connectivity index (χ4v) is 4.00.